The van der Waals surface area contributed by atoms with Crippen molar-refractivity contribution in [2.45, 2.75) is 38.1 Å². The molecular weight excluding hydrogens is 364 g/mol. The minimum Gasteiger partial charge on any atom is -0.408 e. The molecule has 6 nitrogen and oxygen atoms in total. The molecule has 140 valence electrons. The number of oxazole rings is 1. The molecular formula is C17H25ClN2O4S. The molecule has 1 fully saturated rings. The normalized spacial score (nSPS) is 15.1. The smallest absolute Gasteiger partial charge is 0.408 e. The molecule has 0 saturated heterocycles. The molecule has 8 heteroatoms. The van der Waals surface area contributed by atoms with Crippen molar-refractivity contribution in [3.63, 3.8) is 0 Å². The molecule has 0 atom stereocenters. The number of nitrogens with one attached hydrogen (secondary N) is 1. The summed E-state index contributed by atoms with van der Waals surface area (Å²) >= 11 is 0. The van der Waals surface area contributed by atoms with E-state index < -0.39 is 9.84 Å². The van der Waals surface area contributed by atoms with Gasteiger partial charge < -0.3 is 9.73 Å². The molecule has 1 aromatic heterocycles. The van der Waals surface area contributed by atoms with Crippen molar-refractivity contribution in [3.8, 4) is 0 Å². The quantitative estimate of drug-likeness (QED) is 0.702. The molecule has 25 heavy (non-hydrogen) atoms. The summed E-state index contributed by atoms with van der Waals surface area (Å²) < 4.78 is 29.1. The van der Waals surface area contributed by atoms with Gasteiger partial charge in [-0.15, -0.1) is 12.4 Å². The zero-order valence-corrected chi connectivity index (χ0v) is 16.0. The number of aromatic nitrogens is 1. The molecule has 0 spiro atoms. The lowest BCUT2D eigenvalue weighted by molar-refractivity contribution is 0.420. The number of fused-ring (bicyclic) bond motifs is 1. The van der Waals surface area contributed by atoms with E-state index >= 15 is 0 Å². The molecule has 3 rings (SSSR count). The summed E-state index contributed by atoms with van der Waals surface area (Å²) in [6.45, 7) is 1.66. The van der Waals surface area contributed by atoms with E-state index in [-0.39, 0.29) is 23.9 Å². The molecule has 2 aromatic rings. The maximum absolute atomic E-state index is 12.1. The largest absolute Gasteiger partial charge is 0.419 e. The summed E-state index contributed by atoms with van der Waals surface area (Å²) in [5, 5.41) is 3.09. The van der Waals surface area contributed by atoms with Crippen LogP contribution < -0.4 is 11.1 Å². The van der Waals surface area contributed by atoms with Gasteiger partial charge in [0, 0.05) is 19.3 Å². The molecule has 1 aliphatic rings. The van der Waals surface area contributed by atoms with Crippen LogP contribution in [0.4, 0.5) is 0 Å². The van der Waals surface area contributed by atoms with Gasteiger partial charge in [-0.1, -0.05) is 12.5 Å². The van der Waals surface area contributed by atoms with E-state index in [1.54, 1.807) is 4.57 Å². The zero-order valence-electron chi connectivity index (χ0n) is 14.4. The SMILES string of the molecule is CS(=O)(=O)CCNCCCn1c(=O)oc2ccc(C3CCC3)cc21.Cl. The first-order valence-electron chi connectivity index (χ1n) is 8.46. The Morgan fingerprint density at radius 3 is 2.68 bits per heavy atom. The summed E-state index contributed by atoms with van der Waals surface area (Å²) in [4.78, 5) is 12.1. The van der Waals surface area contributed by atoms with Gasteiger partial charge in [0.05, 0.1) is 11.3 Å². The van der Waals surface area contributed by atoms with Crippen molar-refractivity contribution < 1.29 is 12.8 Å². The Kier molecular flexibility index (Phi) is 6.71. The lowest BCUT2D eigenvalue weighted by atomic mass is 9.80. The average Bonchev–Trinajstić information content (AvgIpc) is 2.75. The fourth-order valence-corrected chi connectivity index (χ4v) is 3.55. The standard InChI is InChI=1S/C17H24N2O4S.ClH/c1-24(21,22)11-9-18-8-3-10-19-15-12-14(13-4-2-5-13)6-7-16(15)23-17(19)20;/h6-7,12-13,18H,2-5,8-11H2,1H3;1H. The van der Waals surface area contributed by atoms with Crippen LogP contribution in [0.2, 0.25) is 0 Å². The molecule has 0 aliphatic heterocycles. The average molecular weight is 389 g/mol. The fraction of sp³-hybridized carbons (Fsp3) is 0.588. The second-order valence-corrected chi connectivity index (χ2v) is 8.87. The van der Waals surface area contributed by atoms with Gasteiger partial charge in [-0.3, -0.25) is 4.57 Å². The van der Waals surface area contributed by atoms with E-state index in [0.717, 1.165) is 11.9 Å². The third-order valence-corrected chi connectivity index (χ3v) is 5.60. The van der Waals surface area contributed by atoms with Crippen molar-refractivity contribution in [2.75, 3.05) is 25.1 Å². The van der Waals surface area contributed by atoms with Crippen LogP contribution >= 0.6 is 12.4 Å². The predicted molar refractivity (Wildman–Crippen MR) is 102 cm³/mol. The topological polar surface area (TPSA) is 81.3 Å². The Morgan fingerprint density at radius 2 is 2.04 bits per heavy atom. The summed E-state index contributed by atoms with van der Waals surface area (Å²) in [7, 11) is -2.93. The Balaban J connectivity index is 0.00000225. The molecule has 0 bridgehead atoms. The minimum absolute atomic E-state index is 0. The molecule has 0 amide bonds. The van der Waals surface area contributed by atoms with Gasteiger partial charge >= 0.3 is 5.76 Å². The Hall–Kier alpha value is -1.31. The Labute approximate surface area is 153 Å². The first-order valence-corrected chi connectivity index (χ1v) is 10.5. The lowest BCUT2D eigenvalue weighted by Crippen LogP contribution is -2.25. The van der Waals surface area contributed by atoms with Crippen molar-refractivity contribution in [1.82, 2.24) is 9.88 Å². The monoisotopic (exact) mass is 388 g/mol. The van der Waals surface area contributed by atoms with Crippen molar-refractivity contribution in [1.29, 1.82) is 0 Å². The highest BCUT2D eigenvalue weighted by atomic mass is 35.5. The van der Waals surface area contributed by atoms with Gasteiger partial charge in [-0.05, 0) is 49.4 Å². The van der Waals surface area contributed by atoms with E-state index in [2.05, 4.69) is 17.4 Å². The summed E-state index contributed by atoms with van der Waals surface area (Å²) in [6, 6.07) is 6.04. The van der Waals surface area contributed by atoms with Gasteiger partial charge in [-0.25, -0.2) is 13.2 Å². The van der Waals surface area contributed by atoms with E-state index in [9.17, 15) is 13.2 Å². The van der Waals surface area contributed by atoms with Crippen molar-refractivity contribution in [2.24, 2.45) is 0 Å². The number of hydrogen-bond acceptors (Lipinski definition) is 5. The van der Waals surface area contributed by atoms with Crippen LogP contribution in [0.15, 0.2) is 27.4 Å². The number of rotatable bonds is 8. The predicted octanol–water partition coefficient (Wildman–Crippen LogP) is 2.31. The number of aryl methyl sites for hydroxylation is 1. The molecule has 1 heterocycles. The number of hydrogen-bond donors (Lipinski definition) is 1. The number of sulfone groups is 1. The van der Waals surface area contributed by atoms with Crippen LogP contribution in [-0.4, -0.2) is 38.1 Å². The number of benzene rings is 1. The molecule has 1 aromatic carbocycles. The molecule has 1 aliphatic carbocycles. The Bertz CT molecular complexity index is 868. The number of halogens is 1. The second-order valence-electron chi connectivity index (χ2n) is 6.61. The highest BCUT2D eigenvalue weighted by molar-refractivity contribution is 7.90. The van der Waals surface area contributed by atoms with E-state index in [4.69, 9.17) is 4.42 Å². The summed E-state index contributed by atoms with van der Waals surface area (Å²) in [6.07, 6.45) is 5.69. The first-order chi connectivity index (χ1) is 11.4. The maximum Gasteiger partial charge on any atom is 0.419 e. The second kappa shape index (κ2) is 8.38. The van der Waals surface area contributed by atoms with E-state index in [1.807, 2.05) is 6.07 Å². The third-order valence-electron chi connectivity index (χ3n) is 4.65. The lowest BCUT2D eigenvalue weighted by Gasteiger charge is -2.25. The van der Waals surface area contributed by atoms with Gasteiger partial charge in [0.25, 0.3) is 0 Å². The van der Waals surface area contributed by atoms with Gasteiger partial charge in [-0.2, -0.15) is 0 Å². The number of nitrogens with zero attached hydrogens (tertiary/aromatic N) is 1. The minimum atomic E-state index is -2.93. The van der Waals surface area contributed by atoms with Crippen LogP contribution in [-0.2, 0) is 16.4 Å². The van der Waals surface area contributed by atoms with Crippen LogP contribution in [0.1, 0.15) is 37.2 Å². The van der Waals surface area contributed by atoms with E-state index in [0.29, 0.717) is 31.1 Å². The van der Waals surface area contributed by atoms with Crippen LogP contribution in [0.25, 0.3) is 11.1 Å². The van der Waals surface area contributed by atoms with Crippen molar-refractivity contribution >= 4 is 33.3 Å². The maximum atomic E-state index is 12.1. The molecule has 0 unspecified atom stereocenters. The highest BCUT2D eigenvalue weighted by Crippen LogP contribution is 2.37. The zero-order chi connectivity index (χ0) is 17.2. The van der Waals surface area contributed by atoms with Gasteiger partial charge in [0.1, 0.15) is 9.84 Å². The highest BCUT2D eigenvalue weighted by Gasteiger charge is 2.20. The van der Waals surface area contributed by atoms with Gasteiger partial charge in [0.2, 0.25) is 0 Å². The van der Waals surface area contributed by atoms with E-state index in [1.165, 1.54) is 31.1 Å². The third kappa shape index (κ3) is 5.09. The fourth-order valence-electron chi connectivity index (χ4n) is 3.03. The molecule has 1 N–H and O–H groups in total. The molecule has 1 saturated carbocycles. The van der Waals surface area contributed by atoms with Gasteiger partial charge in [0.15, 0.2) is 5.58 Å². The van der Waals surface area contributed by atoms with Crippen LogP contribution in [0, 0.1) is 0 Å². The summed E-state index contributed by atoms with van der Waals surface area (Å²) in [5.41, 5.74) is 2.78. The summed E-state index contributed by atoms with van der Waals surface area (Å²) in [5.74, 6) is 0.421. The van der Waals surface area contributed by atoms with Crippen molar-refractivity contribution in [3.05, 3.63) is 34.3 Å². The first kappa shape index (κ1) is 20.0. The molecule has 0 radical (unpaired) electrons. The Morgan fingerprint density at radius 1 is 1.28 bits per heavy atom. The van der Waals surface area contributed by atoms with Crippen LogP contribution in [0.3, 0.4) is 0 Å². The van der Waals surface area contributed by atoms with Crippen LogP contribution in [0.5, 0.6) is 0 Å².